The van der Waals surface area contributed by atoms with E-state index in [9.17, 15) is 5.11 Å². The van der Waals surface area contributed by atoms with Crippen molar-refractivity contribution >= 4 is 0 Å². The molecule has 0 spiro atoms. The Kier molecular flexibility index (Phi) is 2.08. The SMILES string of the molecule is C=C1C(C)OC(CO)C1O. The minimum Gasteiger partial charge on any atom is -0.394 e. The molecule has 0 aliphatic carbocycles. The number of hydrogen-bond acceptors (Lipinski definition) is 3. The summed E-state index contributed by atoms with van der Waals surface area (Å²) in [5.41, 5.74) is 0.652. The number of aliphatic hydroxyl groups is 2. The van der Waals surface area contributed by atoms with Crippen LogP contribution in [0.1, 0.15) is 6.92 Å². The van der Waals surface area contributed by atoms with Crippen LogP contribution >= 0.6 is 0 Å². The first-order chi connectivity index (χ1) is 4.66. The monoisotopic (exact) mass is 144 g/mol. The normalized spacial score (nSPS) is 40.7. The van der Waals surface area contributed by atoms with E-state index in [0.717, 1.165) is 0 Å². The van der Waals surface area contributed by atoms with E-state index in [4.69, 9.17) is 9.84 Å². The molecule has 1 aliphatic heterocycles. The van der Waals surface area contributed by atoms with E-state index in [1.54, 1.807) is 6.92 Å². The van der Waals surface area contributed by atoms with Gasteiger partial charge >= 0.3 is 0 Å². The van der Waals surface area contributed by atoms with Crippen molar-refractivity contribution in [3.05, 3.63) is 12.2 Å². The van der Waals surface area contributed by atoms with Gasteiger partial charge in [0.1, 0.15) is 12.2 Å². The molecule has 3 atom stereocenters. The van der Waals surface area contributed by atoms with Crippen molar-refractivity contribution in [2.75, 3.05) is 6.61 Å². The van der Waals surface area contributed by atoms with Crippen molar-refractivity contribution < 1.29 is 14.9 Å². The quantitative estimate of drug-likeness (QED) is 0.496. The summed E-state index contributed by atoms with van der Waals surface area (Å²) in [5.74, 6) is 0. The highest BCUT2D eigenvalue weighted by Gasteiger charge is 2.33. The van der Waals surface area contributed by atoms with Crippen molar-refractivity contribution in [1.29, 1.82) is 0 Å². The summed E-state index contributed by atoms with van der Waals surface area (Å²) < 4.78 is 5.14. The van der Waals surface area contributed by atoms with E-state index in [1.165, 1.54) is 0 Å². The molecule has 0 aromatic rings. The average molecular weight is 144 g/mol. The van der Waals surface area contributed by atoms with Gasteiger partial charge in [-0.15, -0.1) is 0 Å². The number of aliphatic hydroxyl groups excluding tert-OH is 2. The lowest BCUT2D eigenvalue weighted by atomic mass is 10.1. The van der Waals surface area contributed by atoms with Gasteiger partial charge in [0.2, 0.25) is 0 Å². The van der Waals surface area contributed by atoms with Crippen LogP contribution < -0.4 is 0 Å². The maximum absolute atomic E-state index is 9.24. The Morgan fingerprint density at radius 2 is 2.30 bits per heavy atom. The predicted molar refractivity (Wildman–Crippen MR) is 36.6 cm³/mol. The molecule has 1 aliphatic rings. The van der Waals surface area contributed by atoms with Gasteiger partial charge in [0.15, 0.2) is 0 Å². The Labute approximate surface area is 59.9 Å². The summed E-state index contributed by atoms with van der Waals surface area (Å²) in [6.45, 7) is 5.29. The minimum absolute atomic E-state index is 0.132. The summed E-state index contributed by atoms with van der Waals surface area (Å²) in [6.07, 6.45) is -1.30. The first-order valence-corrected chi connectivity index (χ1v) is 3.30. The fraction of sp³-hybridized carbons (Fsp3) is 0.714. The van der Waals surface area contributed by atoms with Gasteiger partial charge in [-0.1, -0.05) is 6.58 Å². The maximum atomic E-state index is 9.24. The largest absolute Gasteiger partial charge is 0.394 e. The topological polar surface area (TPSA) is 49.7 Å². The molecule has 2 N–H and O–H groups in total. The summed E-state index contributed by atoms with van der Waals surface area (Å²) in [7, 11) is 0. The van der Waals surface area contributed by atoms with Crippen LogP contribution in [0, 0.1) is 0 Å². The molecular formula is C7H12O3. The van der Waals surface area contributed by atoms with Gasteiger partial charge in [0.25, 0.3) is 0 Å². The summed E-state index contributed by atoms with van der Waals surface area (Å²) in [6, 6.07) is 0. The highest BCUT2D eigenvalue weighted by Crippen LogP contribution is 2.23. The fourth-order valence-electron chi connectivity index (χ4n) is 1.05. The molecule has 0 saturated carbocycles. The second-order valence-corrected chi connectivity index (χ2v) is 2.52. The lowest BCUT2D eigenvalue weighted by molar-refractivity contribution is -0.0170. The predicted octanol–water partition coefficient (Wildman–Crippen LogP) is -0.317. The fourth-order valence-corrected chi connectivity index (χ4v) is 1.05. The van der Waals surface area contributed by atoms with Gasteiger partial charge in [-0.25, -0.2) is 0 Å². The first kappa shape index (κ1) is 7.72. The van der Waals surface area contributed by atoms with Crippen molar-refractivity contribution in [1.82, 2.24) is 0 Å². The Morgan fingerprint density at radius 3 is 2.50 bits per heavy atom. The summed E-state index contributed by atoms with van der Waals surface area (Å²) in [4.78, 5) is 0. The van der Waals surface area contributed by atoms with Gasteiger partial charge in [-0.05, 0) is 12.5 Å². The number of hydrogen-bond donors (Lipinski definition) is 2. The first-order valence-electron chi connectivity index (χ1n) is 3.30. The van der Waals surface area contributed by atoms with Crippen molar-refractivity contribution in [2.45, 2.75) is 25.2 Å². The minimum atomic E-state index is -0.694. The van der Waals surface area contributed by atoms with Crippen LogP contribution in [0.5, 0.6) is 0 Å². The molecule has 1 rings (SSSR count). The third-order valence-electron chi connectivity index (χ3n) is 1.81. The van der Waals surface area contributed by atoms with E-state index in [2.05, 4.69) is 6.58 Å². The maximum Gasteiger partial charge on any atom is 0.111 e. The Morgan fingerprint density at radius 1 is 1.70 bits per heavy atom. The zero-order chi connectivity index (χ0) is 7.72. The smallest absolute Gasteiger partial charge is 0.111 e. The molecule has 3 nitrogen and oxygen atoms in total. The molecule has 0 aromatic carbocycles. The lowest BCUT2D eigenvalue weighted by Crippen LogP contribution is -2.25. The lowest BCUT2D eigenvalue weighted by Gasteiger charge is -2.08. The molecule has 58 valence electrons. The summed E-state index contributed by atoms with van der Waals surface area (Å²) >= 11 is 0. The van der Waals surface area contributed by atoms with Gasteiger partial charge in [-0.2, -0.15) is 0 Å². The third kappa shape index (κ3) is 1.08. The van der Waals surface area contributed by atoms with Crippen LogP contribution in [0.3, 0.4) is 0 Å². The zero-order valence-corrected chi connectivity index (χ0v) is 5.95. The van der Waals surface area contributed by atoms with E-state index in [-0.39, 0.29) is 12.7 Å². The van der Waals surface area contributed by atoms with Gasteiger partial charge in [0, 0.05) is 0 Å². The summed E-state index contributed by atoms with van der Waals surface area (Å²) in [5, 5.41) is 17.9. The average Bonchev–Trinajstić information content (AvgIpc) is 2.17. The Balaban J connectivity index is 2.61. The standard InChI is InChI=1S/C7H12O3/c1-4-5(2)10-6(3-8)7(4)9/h5-9H,1,3H2,2H3. The molecule has 1 saturated heterocycles. The number of ether oxygens (including phenoxy) is 1. The molecule has 0 bridgehead atoms. The highest BCUT2D eigenvalue weighted by atomic mass is 16.5. The van der Waals surface area contributed by atoms with E-state index >= 15 is 0 Å². The third-order valence-corrected chi connectivity index (χ3v) is 1.81. The van der Waals surface area contributed by atoms with Gasteiger partial charge in [-0.3, -0.25) is 0 Å². The highest BCUT2D eigenvalue weighted by molar-refractivity contribution is 5.14. The zero-order valence-electron chi connectivity index (χ0n) is 5.95. The Bertz CT molecular complexity index is 144. The van der Waals surface area contributed by atoms with E-state index in [1.807, 2.05) is 0 Å². The Hall–Kier alpha value is -0.380. The van der Waals surface area contributed by atoms with Crippen LogP contribution in [0.2, 0.25) is 0 Å². The van der Waals surface area contributed by atoms with Crippen LogP contribution in [0.15, 0.2) is 12.2 Å². The van der Waals surface area contributed by atoms with Crippen LogP contribution in [-0.2, 0) is 4.74 Å². The molecule has 0 aromatic heterocycles. The molecule has 0 amide bonds. The van der Waals surface area contributed by atoms with Crippen LogP contribution in [0.25, 0.3) is 0 Å². The van der Waals surface area contributed by atoms with Crippen LogP contribution in [0.4, 0.5) is 0 Å². The molecule has 3 unspecified atom stereocenters. The number of rotatable bonds is 1. The van der Waals surface area contributed by atoms with Gasteiger partial charge in [0.05, 0.1) is 12.7 Å². The van der Waals surface area contributed by atoms with Crippen LogP contribution in [-0.4, -0.2) is 35.1 Å². The molecule has 1 heterocycles. The van der Waals surface area contributed by atoms with E-state index < -0.39 is 12.2 Å². The second kappa shape index (κ2) is 2.70. The van der Waals surface area contributed by atoms with Crippen molar-refractivity contribution in [2.24, 2.45) is 0 Å². The molecule has 1 fully saturated rings. The van der Waals surface area contributed by atoms with E-state index in [0.29, 0.717) is 5.57 Å². The van der Waals surface area contributed by atoms with Crippen molar-refractivity contribution in [3.8, 4) is 0 Å². The molecular weight excluding hydrogens is 132 g/mol. The molecule has 3 heteroatoms. The molecule has 10 heavy (non-hydrogen) atoms. The second-order valence-electron chi connectivity index (χ2n) is 2.52. The van der Waals surface area contributed by atoms with Crippen molar-refractivity contribution in [3.63, 3.8) is 0 Å². The molecule has 0 radical (unpaired) electrons. The van der Waals surface area contributed by atoms with Gasteiger partial charge < -0.3 is 14.9 Å².